The first kappa shape index (κ1) is 17.1. The van der Waals surface area contributed by atoms with Gasteiger partial charge in [-0.1, -0.05) is 30.3 Å². The molecule has 4 rings (SSSR count). The Labute approximate surface area is 160 Å². The fourth-order valence-electron chi connectivity index (χ4n) is 3.49. The van der Waals surface area contributed by atoms with Gasteiger partial charge in [0.15, 0.2) is 10.4 Å². The Morgan fingerprint density at radius 3 is 2.62 bits per heavy atom. The van der Waals surface area contributed by atoms with Crippen LogP contribution in [0.3, 0.4) is 0 Å². The number of hydrogen-bond acceptors (Lipinski definition) is 3. The molecule has 26 heavy (non-hydrogen) atoms. The van der Waals surface area contributed by atoms with Crippen LogP contribution in [0.1, 0.15) is 23.4 Å². The van der Waals surface area contributed by atoms with Gasteiger partial charge in [-0.15, -0.1) is 0 Å². The zero-order chi connectivity index (χ0) is 17.9. The summed E-state index contributed by atoms with van der Waals surface area (Å²) in [6.07, 6.45) is 5.87. The first-order chi connectivity index (χ1) is 12.7. The number of aromatic nitrogens is 2. The third kappa shape index (κ3) is 3.60. The van der Waals surface area contributed by atoms with Crippen LogP contribution >= 0.6 is 15.9 Å². The Balaban J connectivity index is 1.38. The maximum atomic E-state index is 12.5. The van der Waals surface area contributed by atoms with E-state index in [1.54, 1.807) is 12.1 Å². The zero-order valence-corrected chi connectivity index (χ0v) is 15.9. The third-order valence-corrected chi connectivity index (χ3v) is 5.31. The molecule has 3 heterocycles. The fourth-order valence-corrected chi connectivity index (χ4v) is 3.79. The van der Waals surface area contributed by atoms with Crippen molar-refractivity contribution < 1.29 is 9.21 Å². The van der Waals surface area contributed by atoms with Crippen molar-refractivity contribution >= 4 is 21.8 Å². The molecule has 6 heteroatoms. The number of nitrogens with zero attached hydrogens (tertiary/aromatic N) is 3. The van der Waals surface area contributed by atoms with Gasteiger partial charge in [0.25, 0.3) is 5.91 Å². The molecule has 0 N–H and O–H groups in total. The molecule has 1 aliphatic heterocycles. The minimum atomic E-state index is -0.0262. The lowest BCUT2D eigenvalue weighted by atomic mass is 9.96. The monoisotopic (exact) mass is 413 g/mol. The summed E-state index contributed by atoms with van der Waals surface area (Å²) >= 11 is 3.25. The number of amides is 1. The molecule has 2 aromatic heterocycles. The molecule has 0 aliphatic carbocycles. The van der Waals surface area contributed by atoms with Gasteiger partial charge in [0.1, 0.15) is 5.82 Å². The summed E-state index contributed by atoms with van der Waals surface area (Å²) in [5, 5.41) is 0. The third-order valence-electron chi connectivity index (χ3n) is 4.89. The first-order valence-electron chi connectivity index (χ1n) is 8.82. The van der Waals surface area contributed by atoms with Crippen LogP contribution in [-0.2, 0) is 6.54 Å². The van der Waals surface area contributed by atoms with Crippen molar-refractivity contribution in [1.29, 1.82) is 0 Å². The first-order valence-corrected chi connectivity index (χ1v) is 9.61. The Morgan fingerprint density at radius 2 is 1.92 bits per heavy atom. The summed E-state index contributed by atoms with van der Waals surface area (Å²) in [6.45, 7) is 2.45. The topological polar surface area (TPSA) is 51.3 Å². The summed E-state index contributed by atoms with van der Waals surface area (Å²) in [6, 6.07) is 13.7. The van der Waals surface area contributed by atoms with Gasteiger partial charge in [0, 0.05) is 37.6 Å². The quantitative estimate of drug-likeness (QED) is 0.634. The molecular formula is C20H20BrN3O2. The Kier molecular flexibility index (Phi) is 4.93. The van der Waals surface area contributed by atoms with Gasteiger partial charge in [-0.3, -0.25) is 4.79 Å². The van der Waals surface area contributed by atoms with E-state index in [9.17, 15) is 4.79 Å². The number of likely N-dealkylation sites (tertiary alicyclic amines) is 1. The Bertz CT molecular complexity index is 879. The highest BCUT2D eigenvalue weighted by atomic mass is 79.9. The number of rotatable bonds is 4. The van der Waals surface area contributed by atoms with E-state index < -0.39 is 0 Å². The number of imidazole rings is 1. The van der Waals surface area contributed by atoms with Crippen LogP contribution in [0.2, 0.25) is 0 Å². The lowest BCUT2D eigenvalue weighted by molar-refractivity contribution is 0.0650. The van der Waals surface area contributed by atoms with E-state index in [2.05, 4.69) is 37.6 Å². The lowest BCUT2D eigenvalue weighted by Crippen LogP contribution is -2.39. The minimum Gasteiger partial charge on any atom is -0.444 e. The highest BCUT2D eigenvalue weighted by molar-refractivity contribution is 9.10. The molecule has 0 bridgehead atoms. The predicted octanol–water partition coefficient (Wildman–Crippen LogP) is 4.46. The van der Waals surface area contributed by atoms with Gasteiger partial charge in [0.2, 0.25) is 0 Å². The molecule has 3 aromatic rings. The van der Waals surface area contributed by atoms with Crippen LogP contribution in [0, 0.1) is 5.92 Å². The van der Waals surface area contributed by atoms with Crippen LogP contribution in [-0.4, -0.2) is 33.4 Å². The molecule has 1 aliphatic rings. The van der Waals surface area contributed by atoms with Crippen molar-refractivity contribution in [3.63, 3.8) is 0 Å². The minimum absolute atomic E-state index is 0.0262. The molecule has 0 saturated carbocycles. The van der Waals surface area contributed by atoms with Crippen LogP contribution in [0.25, 0.3) is 11.4 Å². The average molecular weight is 414 g/mol. The van der Waals surface area contributed by atoms with E-state index in [1.807, 2.05) is 35.5 Å². The van der Waals surface area contributed by atoms with Gasteiger partial charge in [-0.05, 0) is 46.8 Å². The van der Waals surface area contributed by atoms with E-state index in [0.29, 0.717) is 16.3 Å². The second kappa shape index (κ2) is 7.50. The average Bonchev–Trinajstić information content (AvgIpc) is 3.31. The van der Waals surface area contributed by atoms with Crippen molar-refractivity contribution in [1.82, 2.24) is 14.5 Å². The SMILES string of the molecule is O=C(c1ccc(Br)o1)N1CCC(Cn2ccnc2-c2ccccc2)CC1. The molecule has 0 radical (unpaired) electrons. The Morgan fingerprint density at radius 1 is 1.15 bits per heavy atom. The van der Waals surface area contributed by atoms with Crippen LogP contribution in [0.15, 0.2) is 63.9 Å². The summed E-state index contributed by atoms with van der Waals surface area (Å²) < 4.78 is 8.20. The fraction of sp³-hybridized carbons (Fsp3) is 0.300. The van der Waals surface area contributed by atoms with Crippen molar-refractivity contribution in [2.75, 3.05) is 13.1 Å². The van der Waals surface area contributed by atoms with E-state index >= 15 is 0 Å². The smallest absolute Gasteiger partial charge is 0.289 e. The summed E-state index contributed by atoms with van der Waals surface area (Å²) in [7, 11) is 0. The molecule has 0 atom stereocenters. The molecular weight excluding hydrogens is 394 g/mol. The van der Waals surface area contributed by atoms with Gasteiger partial charge in [0.05, 0.1) is 0 Å². The van der Waals surface area contributed by atoms with Crippen LogP contribution in [0.4, 0.5) is 0 Å². The van der Waals surface area contributed by atoms with E-state index in [-0.39, 0.29) is 5.91 Å². The van der Waals surface area contributed by atoms with Crippen LogP contribution < -0.4 is 0 Å². The number of hydrogen-bond donors (Lipinski definition) is 0. The van der Waals surface area contributed by atoms with Crippen molar-refractivity contribution in [3.8, 4) is 11.4 Å². The van der Waals surface area contributed by atoms with E-state index in [0.717, 1.165) is 43.9 Å². The van der Waals surface area contributed by atoms with Crippen molar-refractivity contribution in [2.45, 2.75) is 19.4 Å². The second-order valence-corrected chi connectivity index (χ2v) is 7.39. The summed E-state index contributed by atoms with van der Waals surface area (Å²) in [5.41, 5.74) is 1.13. The number of carbonyl (C=O) groups excluding carboxylic acids is 1. The maximum Gasteiger partial charge on any atom is 0.289 e. The van der Waals surface area contributed by atoms with Gasteiger partial charge in [-0.2, -0.15) is 0 Å². The van der Waals surface area contributed by atoms with Crippen molar-refractivity contribution in [2.24, 2.45) is 5.92 Å². The van der Waals surface area contributed by atoms with E-state index in [4.69, 9.17) is 4.42 Å². The van der Waals surface area contributed by atoms with Gasteiger partial charge >= 0.3 is 0 Å². The van der Waals surface area contributed by atoms with Gasteiger partial charge < -0.3 is 13.9 Å². The lowest BCUT2D eigenvalue weighted by Gasteiger charge is -2.31. The molecule has 134 valence electrons. The number of piperidine rings is 1. The largest absolute Gasteiger partial charge is 0.444 e. The number of carbonyl (C=O) groups is 1. The van der Waals surface area contributed by atoms with Gasteiger partial charge in [-0.25, -0.2) is 4.98 Å². The number of halogens is 1. The van der Waals surface area contributed by atoms with Crippen LogP contribution in [0.5, 0.6) is 0 Å². The molecule has 1 fully saturated rings. The Hall–Kier alpha value is -2.34. The predicted molar refractivity (Wildman–Crippen MR) is 103 cm³/mol. The molecule has 0 unspecified atom stereocenters. The highest BCUT2D eigenvalue weighted by Gasteiger charge is 2.26. The second-order valence-electron chi connectivity index (χ2n) is 6.61. The number of furan rings is 1. The highest BCUT2D eigenvalue weighted by Crippen LogP contribution is 2.25. The van der Waals surface area contributed by atoms with Crippen molar-refractivity contribution in [3.05, 3.63) is 65.3 Å². The summed E-state index contributed by atoms with van der Waals surface area (Å²) in [4.78, 5) is 18.9. The molecule has 1 amide bonds. The normalized spacial score (nSPS) is 15.3. The summed E-state index contributed by atoms with van der Waals surface area (Å²) in [5.74, 6) is 1.92. The molecule has 5 nitrogen and oxygen atoms in total. The molecule has 1 aromatic carbocycles. The molecule has 1 saturated heterocycles. The van der Waals surface area contributed by atoms with E-state index in [1.165, 1.54) is 0 Å². The standard InChI is InChI=1S/C20H20BrN3O2/c21-18-7-6-17(26-18)20(25)23-11-8-15(9-12-23)14-24-13-10-22-19(24)16-4-2-1-3-5-16/h1-7,10,13,15H,8-9,11-12,14H2. The zero-order valence-electron chi connectivity index (χ0n) is 14.3. The number of benzene rings is 1. The maximum absolute atomic E-state index is 12.5. The molecule has 0 spiro atoms.